The molecule has 1 aromatic heterocycles. The zero-order chi connectivity index (χ0) is 13.0. The standard InChI is InChI=1S/C13H23N3OS/c1-9(2)7-10(14)8-12-15-13(16-17-12)11-5-3-4-6-18-11/h9-11H,3-8,14H2,1-2H3. The summed E-state index contributed by atoms with van der Waals surface area (Å²) in [4.78, 5) is 4.50. The Kier molecular flexibility index (Phi) is 5.06. The number of hydrogen-bond acceptors (Lipinski definition) is 5. The number of hydrogen-bond donors (Lipinski definition) is 1. The Bertz CT molecular complexity index is 361. The topological polar surface area (TPSA) is 64.9 Å². The van der Waals surface area contributed by atoms with Gasteiger partial charge in [0.1, 0.15) is 0 Å². The molecule has 0 saturated carbocycles. The molecular weight excluding hydrogens is 246 g/mol. The van der Waals surface area contributed by atoms with Crippen LogP contribution in [0.2, 0.25) is 0 Å². The van der Waals surface area contributed by atoms with E-state index >= 15 is 0 Å². The molecule has 2 heterocycles. The summed E-state index contributed by atoms with van der Waals surface area (Å²) in [6, 6.07) is 0.123. The zero-order valence-corrected chi connectivity index (χ0v) is 12.1. The Balaban J connectivity index is 1.89. The second-order valence-electron chi connectivity index (χ2n) is 5.50. The normalized spacial score (nSPS) is 22.3. The molecule has 1 aliphatic rings. The molecule has 1 aliphatic heterocycles. The van der Waals surface area contributed by atoms with Crippen LogP contribution in [-0.4, -0.2) is 21.9 Å². The zero-order valence-electron chi connectivity index (χ0n) is 11.3. The number of nitrogens with two attached hydrogens (primary N) is 1. The largest absolute Gasteiger partial charge is 0.339 e. The SMILES string of the molecule is CC(C)CC(N)Cc1nc(C2CCCCS2)no1. The molecule has 1 fully saturated rings. The van der Waals surface area contributed by atoms with Crippen LogP contribution in [0.15, 0.2) is 4.52 Å². The van der Waals surface area contributed by atoms with Crippen molar-refractivity contribution in [1.82, 2.24) is 10.1 Å². The molecule has 18 heavy (non-hydrogen) atoms. The van der Waals surface area contributed by atoms with Crippen molar-refractivity contribution < 1.29 is 4.52 Å². The van der Waals surface area contributed by atoms with E-state index < -0.39 is 0 Å². The molecule has 0 aromatic carbocycles. The first kappa shape index (κ1) is 13.9. The van der Waals surface area contributed by atoms with Gasteiger partial charge in [-0.15, -0.1) is 0 Å². The van der Waals surface area contributed by atoms with Crippen LogP contribution in [0.1, 0.15) is 56.5 Å². The minimum absolute atomic E-state index is 0.123. The maximum atomic E-state index is 6.06. The lowest BCUT2D eigenvalue weighted by molar-refractivity contribution is 0.354. The molecular formula is C13H23N3OS. The van der Waals surface area contributed by atoms with Crippen LogP contribution in [0.25, 0.3) is 0 Å². The van der Waals surface area contributed by atoms with Crippen molar-refractivity contribution in [3.63, 3.8) is 0 Å². The molecule has 4 nitrogen and oxygen atoms in total. The Morgan fingerprint density at radius 2 is 2.28 bits per heavy atom. The lowest BCUT2D eigenvalue weighted by atomic mass is 10.0. The molecule has 1 saturated heterocycles. The summed E-state index contributed by atoms with van der Waals surface area (Å²) in [6.45, 7) is 4.36. The van der Waals surface area contributed by atoms with Crippen LogP contribution in [0.5, 0.6) is 0 Å². The molecule has 0 amide bonds. The third-order valence-electron chi connectivity index (χ3n) is 3.16. The second kappa shape index (κ2) is 6.57. The van der Waals surface area contributed by atoms with Crippen molar-refractivity contribution in [1.29, 1.82) is 0 Å². The molecule has 2 unspecified atom stereocenters. The van der Waals surface area contributed by atoms with Crippen molar-refractivity contribution in [3.05, 3.63) is 11.7 Å². The first-order valence-corrected chi connectivity index (χ1v) is 7.89. The van der Waals surface area contributed by atoms with Crippen LogP contribution < -0.4 is 5.73 Å². The maximum absolute atomic E-state index is 6.06. The highest BCUT2D eigenvalue weighted by Gasteiger charge is 2.22. The van der Waals surface area contributed by atoms with Gasteiger partial charge in [0.05, 0.1) is 5.25 Å². The van der Waals surface area contributed by atoms with Gasteiger partial charge in [0.2, 0.25) is 5.89 Å². The average molecular weight is 269 g/mol. The monoisotopic (exact) mass is 269 g/mol. The Hall–Kier alpha value is -0.550. The van der Waals surface area contributed by atoms with Gasteiger partial charge in [0.25, 0.3) is 0 Å². The van der Waals surface area contributed by atoms with Crippen LogP contribution in [0.4, 0.5) is 0 Å². The molecule has 0 aliphatic carbocycles. The number of rotatable bonds is 5. The lowest BCUT2D eigenvalue weighted by Crippen LogP contribution is -2.24. The van der Waals surface area contributed by atoms with Crippen molar-refractivity contribution in [2.24, 2.45) is 11.7 Å². The van der Waals surface area contributed by atoms with Crippen molar-refractivity contribution in [3.8, 4) is 0 Å². The van der Waals surface area contributed by atoms with Gasteiger partial charge in [0, 0.05) is 12.5 Å². The smallest absolute Gasteiger partial charge is 0.228 e. The maximum Gasteiger partial charge on any atom is 0.228 e. The van der Waals surface area contributed by atoms with Gasteiger partial charge in [0.15, 0.2) is 5.82 Å². The summed E-state index contributed by atoms with van der Waals surface area (Å²) in [7, 11) is 0. The fraction of sp³-hybridized carbons (Fsp3) is 0.846. The van der Waals surface area contributed by atoms with Gasteiger partial charge >= 0.3 is 0 Å². The summed E-state index contributed by atoms with van der Waals surface area (Å²) >= 11 is 1.94. The third-order valence-corrected chi connectivity index (χ3v) is 4.54. The summed E-state index contributed by atoms with van der Waals surface area (Å²) in [5.74, 6) is 3.38. The summed E-state index contributed by atoms with van der Waals surface area (Å²) in [6.07, 6.45) is 5.44. The first-order chi connectivity index (χ1) is 8.65. The highest BCUT2D eigenvalue weighted by molar-refractivity contribution is 7.99. The molecule has 2 atom stereocenters. The van der Waals surface area contributed by atoms with Gasteiger partial charge in [-0.05, 0) is 30.9 Å². The minimum Gasteiger partial charge on any atom is -0.339 e. The Morgan fingerprint density at radius 3 is 2.94 bits per heavy atom. The van der Waals surface area contributed by atoms with Gasteiger partial charge in [-0.2, -0.15) is 16.7 Å². The van der Waals surface area contributed by atoms with Crippen LogP contribution in [0, 0.1) is 5.92 Å². The number of nitrogens with zero attached hydrogens (tertiary/aromatic N) is 2. The molecule has 102 valence electrons. The van der Waals surface area contributed by atoms with E-state index in [-0.39, 0.29) is 6.04 Å². The quantitative estimate of drug-likeness (QED) is 0.890. The summed E-state index contributed by atoms with van der Waals surface area (Å²) < 4.78 is 5.32. The molecule has 2 rings (SSSR count). The van der Waals surface area contributed by atoms with Crippen molar-refractivity contribution in [2.75, 3.05) is 5.75 Å². The van der Waals surface area contributed by atoms with Gasteiger partial charge < -0.3 is 10.3 Å². The van der Waals surface area contributed by atoms with E-state index in [1.807, 2.05) is 11.8 Å². The summed E-state index contributed by atoms with van der Waals surface area (Å²) in [5, 5.41) is 4.54. The minimum atomic E-state index is 0.123. The number of aromatic nitrogens is 2. The fourth-order valence-electron chi connectivity index (χ4n) is 2.34. The molecule has 0 spiro atoms. The Labute approximate surface area is 113 Å². The average Bonchev–Trinajstić information content (AvgIpc) is 2.77. The fourth-order valence-corrected chi connectivity index (χ4v) is 3.57. The van der Waals surface area contributed by atoms with Gasteiger partial charge in [-0.25, -0.2) is 0 Å². The van der Waals surface area contributed by atoms with E-state index in [9.17, 15) is 0 Å². The van der Waals surface area contributed by atoms with Crippen LogP contribution in [0.3, 0.4) is 0 Å². The van der Waals surface area contributed by atoms with E-state index in [1.165, 1.54) is 25.0 Å². The predicted molar refractivity (Wildman–Crippen MR) is 74.5 cm³/mol. The molecule has 1 aromatic rings. The van der Waals surface area contributed by atoms with Gasteiger partial charge in [-0.1, -0.05) is 25.4 Å². The Morgan fingerprint density at radius 1 is 1.44 bits per heavy atom. The third kappa shape index (κ3) is 3.99. The van der Waals surface area contributed by atoms with Crippen LogP contribution >= 0.6 is 11.8 Å². The van der Waals surface area contributed by atoms with Crippen LogP contribution in [-0.2, 0) is 6.42 Å². The molecule has 2 N–H and O–H groups in total. The molecule has 0 radical (unpaired) electrons. The number of thioether (sulfide) groups is 1. The van der Waals surface area contributed by atoms with Gasteiger partial charge in [-0.3, -0.25) is 0 Å². The van der Waals surface area contributed by atoms with E-state index in [1.54, 1.807) is 0 Å². The second-order valence-corrected chi connectivity index (χ2v) is 6.81. The van der Waals surface area contributed by atoms with Crippen molar-refractivity contribution in [2.45, 2.75) is 57.2 Å². The predicted octanol–water partition coefficient (Wildman–Crippen LogP) is 2.94. The highest BCUT2D eigenvalue weighted by atomic mass is 32.2. The van der Waals surface area contributed by atoms with Crippen molar-refractivity contribution >= 4 is 11.8 Å². The lowest BCUT2D eigenvalue weighted by Gasteiger charge is -2.17. The molecule has 0 bridgehead atoms. The molecule has 5 heteroatoms. The first-order valence-electron chi connectivity index (χ1n) is 6.85. The van der Waals surface area contributed by atoms with E-state index in [0.29, 0.717) is 23.5 Å². The van der Waals surface area contributed by atoms with E-state index in [0.717, 1.165) is 12.2 Å². The van der Waals surface area contributed by atoms with E-state index in [2.05, 4.69) is 24.0 Å². The summed E-state index contributed by atoms with van der Waals surface area (Å²) in [5.41, 5.74) is 6.06. The van der Waals surface area contributed by atoms with E-state index in [4.69, 9.17) is 10.3 Å². The highest BCUT2D eigenvalue weighted by Crippen LogP contribution is 2.36.